The molecule has 0 heterocycles. The summed E-state index contributed by atoms with van der Waals surface area (Å²) in [4.78, 5) is 0. The molecule has 2 rings (SSSR count). The van der Waals surface area contributed by atoms with E-state index in [1.54, 1.807) is 12.1 Å². The van der Waals surface area contributed by atoms with Gasteiger partial charge in [-0.15, -0.1) is 0 Å². The van der Waals surface area contributed by atoms with Crippen LogP contribution in [0, 0.1) is 11.3 Å². The zero-order valence-corrected chi connectivity index (χ0v) is 12.0. The molecule has 4 heteroatoms. The van der Waals surface area contributed by atoms with Crippen LogP contribution in [0.1, 0.15) is 30.5 Å². The van der Waals surface area contributed by atoms with E-state index in [-0.39, 0.29) is 0 Å². The first-order valence-corrected chi connectivity index (χ1v) is 6.55. The largest absolute Gasteiger partial charge is 0.399 e. The highest BCUT2D eigenvalue weighted by Gasteiger charge is 1.99. The highest BCUT2D eigenvalue weighted by Crippen LogP contribution is 2.08. The Kier molecular flexibility index (Phi) is 4.47. The fourth-order valence-corrected chi connectivity index (χ4v) is 1.78. The molecular formula is C17H16N4. The minimum atomic E-state index is 0.633. The lowest BCUT2D eigenvalue weighted by Crippen LogP contribution is -1.97. The van der Waals surface area contributed by atoms with Crippen LogP contribution in [0.3, 0.4) is 0 Å². The molecule has 0 aliphatic carbocycles. The number of anilines is 1. The molecule has 0 unspecified atom stereocenters. The Morgan fingerprint density at radius 3 is 1.71 bits per heavy atom. The number of rotatable bonds is 3. The SMILES string of the molecule is C/C(=N\N=C(/C)c1ccc(C#N)cc1)c1ccc(N)cc1. The minimum absolute atomic E-state index is 0.633. The Balaban J connectivity index is 2.19. The van der Waals surface area contributed by atoms with Crippen LogP contribution in [0.2, 0.25) is 0 Å². The first-order chi connectivity index (χ1) is 10.1. The molecule has 21 heavy (non-hydrogen) atoms. The van der Waals surface area contributed by atoms with Gasteiger partial charge in [0.05, 0.1) is 23.1 Å². The molecule has 0 aromatic heterocycles. The number of nitrogens with two attached hydrogens (primary N) is 1. The second-order valence-electron chi connectivity index (χ2n) is 4.68. The Labute approximate surface area is 124 Å². The number of hydrogen-bond acceptors (Lipinski definition) is 4. The van der Waals surface area contributed by atoms with Crippen LogP contribution < -0.4 is 5.73 Å². The van der Waals surface area contributed by atoms with Crippen LogP contribution in [0.5, 0.6) is 0 Å². The summed E-state index contributed by atoms with van der Waals surface area (Å²) in [5, 5.41) is 17.3. The Morgan fingerprint density at radius 2 is 1.29 bits per heavy atom. The Morgan fingerprint density at radius 1 is 0.857 bits per heavy atom. The highest BCUT2D eigenvalue weighted by atomic mass is 15.2. The van der Waals surface area contributed by atoms with Gasteiger partial charge in [0.1, 0.15) is 0 Å². The van der Waals surface area contributed by atoms with Gasteiger partial charge in [0.15, 0.2) is 0 Å². The van der Waals surface area contributed by atoms with Crippen molar-refractivity contribution in [2.24, 2.45) is 10.2 Å². The number of benzene rings is 2. The summed E-state index contributed by atoms with van der Waals surface area (Å²) in [5.74, 6) is 0. The first kappa shape index (κ1) is 14.5. The molecule has 0 bridgehead atoms. The molecule has 2 N–H and O–H groups in total. The fourth-order valence-electron chi connectivity index (χ4n) is 1.78. The summed E-state index contributed by atoms with van der Waals surface area (Å²) >= 11 is 0. The fraction of sp³-hybridized carbons (Fsp3) is 0.118. The molecule has 2 aromatic rings. The van der Waals surface area contributed by atoms with Crippen molar-refractivity contribution in [3.63, 3.8) is 0 Å². The van der Waals surface area contributed by atoms with Gasteiger partial charge < -0.3 is 5.73 Å². The topological polar surface area (TPSA) is 74.5 Å². The molecule has 0 saturated heterocycles. The first-order valence-electron chi connectivity index (χ1n) is 6.55. The highest BCUT2D eigenvalue weighted by molar-refractivity contribution is 6.01. The normalized spacial score (nSPS) is 12.0. The third-order valence-electron chi connectivity index (χ3n) is 3.11. The van der Waals surface area contributed by atoms with E-state index in [4.69, 9.17) is 11.0 Å². The maximum absolute atomic E-state index is 8.78. The van der Waals surface area contributed by atoms with Crippen molar-refractivity contribution >= 4 is 17.1 Å². The molecule has 0 radical (unpaired) electrons. The van der Waals surface area contributed by atoms with E-state index in [0.29, 0.717) is 5.56 Å². The predicted octanol–water partition coefficient (Wildman–Crippen LogP) is 3.37. The molecule has 0 amide bonds. The summed E-state index contributed by atoms with van der Waals surface area (Å²) in [7, 11) is 0. The molecule has 0 aliphatic heterocycles. The zero-order valence-electron chi connectivity index (χ0n) is 12.0. The molecular weight excluding hydrogens is 260 g/mol. The lowest BCUT2D eigenvalue weighted by molar-refractivity contribution is 1.22. The predicted molar refractivity (Wildman–Crippen MR) is 86.4 cm³/mol. The second-order valence-corrected chi connectivity index (χ2v) is 4.68. The number of nitrogens with zero attached hydrogens (tertiary/aromatic N) is 3. The van der Waals surface area contributed by atoms with Crippen molar-refractivity contribution in [1.29, 1.82) is 5.26 Å². The second kappa shape index (κ2) is 6.49. The zero-order chi connectivity index (χ0) is 15.2. The van der Waals surface area contributed by atoms with E-state index in [0.717, 1.165) is 28.2 Å². The van der Waals surface area contributed by atoms with Gasteiger partial charge in [-0.2, -0.15) is 15.5 Å². The lowest BCUT2D eigenvalue weighted by Gasteiger charge is -2.01. The molecule has 104 valence electrons. The van der Waals surface area contributed by atoms with Crippen molar-refractivity contribution in [2.75, 3.05) is 5.73 Å². The van der Waals surface area contributed by atoms with Gasteiger partial charge in [-0.1, -0.05) is 24.3 Å². The van der Waals surface area contributed by atoms with E-state index >= 15 is 0 Å². The van der Waals surface area contributed by atoms with Crippen molar-refractivity contribution < 1.29 is 0 Å². The maximum atomic E-state index is 8.78. The number of nitrogen functional groups attached to an aromatic ring is 1. The van der Waals surface area contributed by atoms with Gasteiger partial charge >= 0.3 is 0 Å². The minimum Gasteiger partial charge on any atom is -0.399 e. The standard InChI is InChI=1S/C17H16N4/c1-12(15-5-3-14(11-18)4-6-15)20-21-13(2)16-7-9-17(19)10-8-16/h3-10H,19H2,1-2H3/b20-12+,21-13+. The molecule has 2 aromatic carbocycles. The average Bonchev–Trinajstić information content (AvgIpc) is 2.53. The van der Waals surface area contributed by atoms with Crippen LogP contribution in [0.25, 0.3) is 0 Å². The average molecular weight is 276 g/mol. The van der Waals surface area contributed by atoms with Gasteiger partial charge in [-0.05, 0) is 49.2 Å². The number of nitriles is 1. The summed E-state index contributed by atoms with van der Waals surface area (Å²) in [6, 6.07) is 16.9. The molecule has 4 nitrogen and oxygen atoms in total. The number of hydrogen-bond donors (Lipinski definition) is 1. The summed E-state index contributed by atoms with van der Waals surface area (Å²) in [5.41, 5.74) is 10.6. The van der Waals surface area contributed by atoms with Crippen LogP contribution in [-0.4, -0.2) is 11.4 Å². The molecule has 0 fully saturated rings. The third kappa shape index (κ3) is 3.77. The lowest BCUT2D eigenvalue weighted by atomic mass is 10.1. The van der Waals surface area contributed by atoms with Crippen LogP contribution in [0.4, 0.5) is 5.69 Å². The molecule has 0 spiro atoms. The Bertz CT molecular complexity index is 717. The molecule has 0 atom stereocenters. The van der Waals surface area contributed by atoms with E-state index in [1.807, 2.05) is 50.2 Å². The van der Waals surface area contributed by atoms with E-state index in [9.17, 15) is 0 Å². The van der Waals surface area contributed by atoms with E-state index in [2.05, 4.69) is 16.3 Å². The smallest absolute Gasteiger partial charge is 0.0991 e. The van der Waals surface area contributed by atoms with Gasteiger partial charge in [0.2, 0.25) is 0 Å². The van der Waals surface area contributed by atoms with Crippen molar-refractivity contribution in [3.8, 4) is 6.07 Å². The van der Waals surface area contributed by atoms with Crippen LogP contribution in [0.15, 0.2) is 58.7 Å². The van der Waals surface area contributed by atoms with Crippen molar-refractivity contribution in [3.05, 3.63) is 65.2 Å². The van der Waals surface area contributed by atoms with Crippen LogP contribution >= 0.6 is 0 Å². The van der Waals surface area contributed by atoms with E-state index in [1.165, 1.54) is 0 Å². The quantitative estimate of drug-likeness (QED) is 0.530. The van der Waals surface area contributed by atoms with Crippen molar-refractivity contribution in [1.82, 2.24) is 0 Å². The molecule has 0 aliphatic rings. The summed E-state index contributed by atoms with van der Waals surface area (Å²) in [6.45, 7) is 3.79. The van der Waals surface area contributed by atoms with Crippen LogP contribution in [-0.2, 0) is 0 Å². The maximum Gasteiger partial charge on any atom is 0.0991 e. The van der Waals surface area contributed by atoms with Crippen molar-refractivity contribution in [2.45, 2.75) is 13.8 Å². The third-order valence-corrected chi connectivity index (χ3v) is 3.11. The Hall–Kier alpha value is -2.93. The van der Waals surface area contributed by atoms with Gasteiger partial charge in [0, 0.05) is 5.69 Å². The summed E-state index contributed by atoms with van der Waals surface area (Å²) < 4.78 is 0. The summed E-state index contributed by atoms with van der Waals surface area (Å²) in [6.07, 6.45) is 0. The molecule has 0 saturated carbocycles. The van der Waals surface area contributed by atoms with Gasteiger partial charge in [-0.25, -0.2) is 0 Å². The monoisotopic (exact) mass is 276 g/mol. The van der Waals surface area contributed by atoms with E-state index < -0.39 is 0 Å². The van der Waals surface area contributed by atoms with Gasteiger partial charge in [0.25, 0.3) is 0 Å². The van der Waals surface area contributed by atoms with Gasteiger partial charge in [-0.3, -0.25) is 0 Å².